The number of hydrogen-bond acceptors (Lipinski definition) is 6. The van der Waals surface area contributed by atoms with E-state index in [2.05, 4.69) is 15.3 Å². The van der Waals surface area contributed by atoms with E-state index in [0.717, 1.165) is 40.8 Å². The molecule has 2 aromatic carbocycles. The number of carbonyl (C=O) groups excluding carboxylic acids is 1. The first-order valence-corrected chi connectivity index (χ1v) is 13.3. The summed E-state index contributed by atoms with van der Waals surface area (Å²) in [6.45, 7) is 2.01. The Morgan fingerprint density at radius 3 is 2.97 bits per heavy atom. The molecule has 174 valence electrons. The zero-order valence-electron chi connectivity index (χ0n) is 18.8. The van der Waals surface area contributed by atoms with Gasteiger partial charge in [0.15, 0.2) is 5.75 Å². The fourth-order valence-electron chi connectivity index (χ4n) is 4.13. The number of aromatic nitrogens is 2. The van der Waals surface area contributed by atoms with Crippen LogP contribution in [-0.2, 0) is 23.4 Å². The molecule has 1 aliphatic carbocycles. The molecule has 0 spiro atoms. The van der Waals surface area contributed by atoms with E-state index in [4.69, 9.17) is 4.74 Å². The van der Waals surface area contributed by atoms with Crippen LogP contribution < -0.4 is 15.6 Å². The van der Waals surface area contributed by atoms with Crippen molar-refractivity contribution in [1.29, 1.82) is 0 Å². The minimum absolute atomic E-state index is 0.0389. The Morgan fingerprint density at radius 2 is 2.09 bits per heavy atom. The number of thioether (sulfide) groups is 1. The number of rotatable bonds is 8. The number of para-hydroxylation sites is 2. The maximum atomic E-state index is 12.6. The number of anilines is 1. The van der Waals surface area contributed by atoms with E-state index < -0.39 is 0 Å². The van der Waals surface area contributed by atoms with Gasteiger partial charge in [-0.1, -0.05) is 24.3 Å². The van der Waals surface area contributed by atoms with Gasteiger partial charge in [0.05, 0.1) is 16.8 Å². The second kappa shape index (κ2) is 10.0. The minimum Gasteiger partial charge on any atom is -0.455 e. The Hall–Kier alpha value is -3.10. The molecule has 1 aliphatic rings. The molecule has 0 bridgehead atoms. The highest BCUT2D eigenvalue weighted by molar-refractivity contribution is 7.98. The van der Waals surface area contributed by atoms with E-state index in [0.29, 0.717) is 35.2 Å². The summed E-state index contributed by atoms with van der Waals surface area (Å²) in [5.41, 5.74) is 2.90. The molecule has 0 atom stereocenters. The lowest BCUT2D eigenvalue weighted by Crippen LogP contribution is -2.13. The number of H-pyrrole nitrogens is 1. The first-order chi connectivity index (χ1) is 16.6. The van der Waals surface area contributed by atoms with E-state index in [1.54, 1.807) is 23.1 Å². The van der Waals surface area contributed by atoms with E-state index in [1.165, 1.54) is 10.4 Å². The predicted octanol–water partition coefficient (Wildman–Crippen LogP) is 5.84. The molecular formula is C26H25N3O3S2. The van der Waals surface area contributed by atoms with Crippen LogP contribution in [0, 0.1) is 6.92 Å². The summed E-state index contributed by atoms with van der Waals surface area (Å²) in [5, 5.41) is 3.73. The van der Waals surface area contributed by atoms with Gasteiger partial charge >= 0.3 is 0 Å². The Bertz CT molecular complexity index is 1410. The second-order valence-corrected chi connectivity index (χ2v) is 10.5. The zero-order chi connectivity index (χ0) is 23.5. The number of hydrogen-bond donors (Lipinski definition) is 2. The van der Waals surface area contributed by atoms with Crippen LogP contribution in [0.2, 0.25) is 0 Å². The van der Waals surface area contributed by atoms with Crippen molar-refractivity contribution in [2.24, 2.45) is 0 Å². The molecule has 0 fully saturated rings. The van der Waals surface area contributed by atoms with Crippen LogP contribution in [0.3, 0.4) is 0 Å². The summed E-state index contributed by atoms with van der Waals surface area (Å²) in [4.78, 5) is 34.9. The average molecular weight is 492 g/mol. The monoisotopic (exact) mass is 491 g/mol. The predicted molar refractivity (Wildman–Crippen MR) is 139 cm³/mol. The Morgan fingerprint density at radius 1 is 1.21 bits per heavy atom. The molecule has 2 aromatic heterocycles. The molecule has 8 heteroatoms. The van der Waals surface area contributed by atoms with Gasteiger partial charge in [0.2, 0.25) is 5.91 Å². The first kappa shape index (κ1) is 22.7. The van der Waals surface area contributed by atoms with E-state index in [9.17, 15) is 9.59 Å². The summed E-state index contributed by atoms with van der Waals surface area (Å²) < 4.78 is 5.98. The van der Waals surface area contributed by atoms with Gasteiger partial charge in [-0.2, -0.15) is 11.8 Å². The highest BCUT2D eigenvalue weighted by Crippen LogP contribution is 2.34. The van der Waals surface area contributed by atoms with Gasteiger partial charge in [-0.15, -0.1) is 11.3 Å². The van der Waals surface area contributed by atoms with Crippen LogP contribution in [0.25, 0.3) is 10.2 Å². The first-order valence-electron chi connectivity index (χ1n) is 11.3. The number of carbonyl (C=O) groups is 1. The fraction of sp³-hybridized carbons (Fsp3) is 0.269. The van der Waals surface area contributed by atoms with Crippen molar-refractivity contribution in [2.45, 2.75) is 38.4 Å². The summed E-state index contributed by atoms with van der Waals surface area (Å²) in [5.74, 6) is 3.10. The van der Waals surface area contributed by atoms with Crippen molar-refractivity contribution in [1.82, 2.24) is 9.97 Å². The van der Waals surface area contributed by atoms with Crippen molar-refractivity contribution < 1.29 is 9.53 Å². The van der Waals surface area contributed by atoms with Crippen molar-refractivity contribution >= 4 is 44.9 Å². The van der Waals surface area contributed by atoms with Crippen molar-refractivity contribution in [2.75, 3.05) is 11.1 Å². The Balaban J connectivity index is 1.15. The number of benzene rings is 2. The molecule has 2 heterocycles. The maximum Gasteiger partial charge on any atom is 0.259 e. The highest BCUT2D eigenvalue weighted by Gasteiger charge is 2.21. The van der Waals surface area contributed by atoms with Crippen molar-refractivity contribution in [3.05, 3.63) is 80.7 Å². The van der Waals surface area contributed by atoms with Gasteiger partial charge in [0.25, 0.3) is 5.56 Å². The molecule has 0 saturated carbocycles. The van der Waals surface area contributed by atoms with Crippen LogP contribution in [0.5, 0.6) is 11.5 Å². The average Bonchev–Trinajstić information content (AvgIpc) is 3.39. The lowest BCUT2D eigenvalue weighted by molar-refractivity contribution is -0.115. The lowest BCUT2D eigenvalue weighted by atomic mass is 10.2. The normalized spacial score (nSPS) is 12.6. The number of aromatic amines is 1. The molecule has 0 radical (unpaired) electrons. The van der Waals surface area contributed by atoms with Gasteiger partial charge < -0.3 is 15.0 Å². The molecule has 0 unspecified atom stereocenters. The summed E-state index contributed by atoms with van der Waals surface area (Å²) in [6, 6.07) is 15.2. The molecule has 0 saturated heterocycles. The Labute approximate surface area is 205 Å². The quantitative estimate of drug-likeness (QED) is 0.303. The third-order valence-electron chi connectivity index (χ3n) is 5.71. The number of nitrogens with one attached hydrogen (secondary N) is 2. The van der Waals surface area contributed by atoms with Gasteiger partial charge in [-0.05, 0) is 61.6 Å². The van der Waals surface area contributed by atoms with Crippen LogP contribution in [0.1, 0.15) is 34.7 Å². The molecule has 34 heavy (non-hydrogen) atoms. The molecule has 0 aliphatic heterocycles. The van der Waals surface area contributed by atoms with Crippen LogP contribution >= 0.6 is 23.1 Å². The van der Waals surface area contributed by atoms with Crippen LogP contribution in [0.15, 0.2) is 53.3 Å². The third-order valence-corrected chi connectivity index (χ3v) is 7.87. The van der Waals surface area contributed by atoms with Crippen LogP contribution in [-0.4, -0.2) is 21.6 Å². The highest BCUT2D eigenvalue weighted by atomic mass is 32.2. The van der Waals surface area contributed by atoms with Crippen molar-refractivity contribution in [3.63, 3.8) is 0 Å². The topological polar surface area (TPSA) is 84.1 Å². The van der Waals surface area contributed by atoms with Gasteiger partial charge in [-0.25, -0.2) is 4.98 Å². The number of ether oxygens (including phenoxy) is 1. The smallest absolute Gasteiger partial charge is 0.259 e. The lowest BCUT2D eigenvalue weighted by Gasteiger charge is -2.12. The third kappa shape index (κ3) is 5.03. The largest absolute Gasteiger partial charge is 0.455 e. The van der Waals surface area contributed by atoms with Gasteiger partial charge in [-0.3, -0.25) is 9.59 Å². The summed E-state index contributed by atoms with van der Waals surface area (Å²) in [7, 11) is 0. The molecule has 4 aromatic rings. The second-order valence-electron chi connectivity index (χ2n) is 8.32. The molecule has 5 rings (SSSR count). The van der Waals surface area contributed by atoms with Gasteiger partial charge in [0.1, 0.15) is 16.4 Å². The maximum absolute atomic E-state index is 12.6. The number of thiophene rings is 1. The molecule has 2 N–H and O–H groups in total. The van der Waals surface area contributed by atoms with Crippen LogP contribution in [0.4, 0.5) is 5.69 Å². The zero-order valence-corrected chi connectivity index (χ0v) is 20.5. The number of fused-ring (bicyclic) bond motifs is 3. The van der Waals surface area contributed by atoms with E-state index in [1.807, 2.05) is 55.5 Å². The van der Waals surface area contributed by atoms with E-state index in [-0.39, 0.29) is 11.5 Å². The number of amides is 1. The fourth-order valence-corrected chi connectivity index (χ4v) is 6.21. The summed E-state index contributed by atoms with van der Waals surface area (Å²) in [6.07, 6.45) is 3.50. The number of nitrogens with zero attached hydrogens (tertiary/aromatic N) is 1. The number of aryl methyl sites for hydroxylation is 3. The standard InChI is InChI=1S/C26H25N3O3S2/c1-16-6-4-7-17(14-16)32-20-10-3-2-9-19(20)27-23(30)12-13-33-15-22-28-25(31)24-18-8-5-11-21(18)34-26(24)29-22/h2-4,6-7,9-10,14H,5,8,11-13,15H2,1H3,(H,27,30)(H,28,29,31). The minimum atomic E-state index is -0.0839. The molecule has 6 nitrogen and oxygen atoms in total. The van der Waals surface area contributed by atoms with Crippen molar-refractivity contribution in [3.8, 4) is 11.5 Å². The molecular weight excluding hydrogens is 466 g/mol. The Kier molecular flexibility index (Phi) is 6.69. The van der Waals surface area contributed by atoms with E-state index >= 15 is 0 Å². The molecule has 1 amide bonds. The summed E-state index contributed by atoms with van der Waals surface area (Å²) >= 11 is 3.23. The van der Waals surface area contributed by atoms with Gasteiger partial charge in [0, 0.05) is 17.1 Å². The SMILES string of the molecule is Cc1cccc(Oc2ccccc2NC(=O)CCSCc2nc3sc4c(c3c(=O)[nH]2)CCC4)c1.